The van der Waals surface area contributed by atoms with Crippen molar-refractivity contribution in [1.29, 1.82) is 0 Å². The van der Waals surface area contributed by atoms with Crippen LogP contribution in [0.2, 0.25) is 0 Å². The fraction of sp³-hybridized carbons (Fsp3) is 0. The number of anilines is 3. The van der Waals surface area contributed by atoms with Crippen LogP contribution in [0.1, 0.15) is 0 Å². The van der Waals surface area contributed by atoms with Gasteiger partial charge in [-0.05, 0) is 36.4 Å². The molecule has 82 valence electrons. The highest BCUT2D eigenvalue weighted by molar-refractivity contribution is 5.61. The second-order valence-corrected chi connectivity index (χ2v) is 3.41. The molecule has 16 heavy (non-hydrogen) atoms. The fourth-order valence-electron chi connectivity index (χ4n) is 1.36. The average Bonchev–Trinajstić information content (AvgIpc) is 2.20. The van der Waals surface area contributed by atoms with Crippen LogP contribution in [0.3, 0.4) is 0 Å². The first kappa shape index (κ1) is 10.4. The summed E-state index contributed by atoms with van der Waals surface area (Å²) in [6.45, 7) is 0. The van der Waals surface area contributed by atoms with Gasteiger partial charge in [-0.3, -0.25) is 0 Å². The van der Waals surface area contributed by atoms with E-state index in [0.29, 0.717) is 11.4 Å². The van der Waals surface area contributed by atoms with Gasteiger partial charge in [0, 0.05) is 23.1 Å². The van der Waals surface area contributed by atoms with E-state index >= 15 is 0 Å². The van der Waals surface area contributed by atoms with Crippen LogP contribution >= 0.6 is 0 Å². The molecule has 0 aliphatic carbocycles. The van der Waals surface area contributed by atoms with Crippen LogP contribution in [-0.2, 0) is 0 Å². The molecule has 2 rings (SSSR count). The molecule has 0 amide bonds. The molecule has 0 unspecified atom stereocenters. The van der Waals surface area contributed by atoms with Crippen molar-refractivity contribution in [3.05, 3.63) is 54.1 Å². The summed E-state index contributed by atoms with van der Waals surface area (Å²) in [6, 6.07) is 10.2. The Morgan fingerprint density at radius 1 is 0.812 bits per heavy atom. The topological polar surface area (TPSA) is 38.0 Å². The molecule has 0 aromatic heterocycles. The van der Waals surface area contributed by atoms with E-state index in [-0.39, 0.29) is 0 Å². The van der Waals surface area contributed by atoms with E-state index in [9.17, 15) is 8.78 Å². The van der Waals surface area contributed by atoms with Crippen molar-refractivity contribution in [1.82, 2.24) is 0 Å². The lowest BCUT2D eigenvalue weighted by atomic mass is 10.2. The minimum atomic E-state index is -0.613. The fourth-order valence-corrected chi connectivity index (χ4v) is 1.36. The Morgan fingerprint density at radius 3 is 1.94 bits per heavy atom. The molecule has 0 heterocycles. The summed E-state index contributed by atoms with van der Waals surface area (Å²) in [4.78, 5) is 0. The molecule has 0 saturated heterocycles. The van der Waals surface area contributed by atoms with E-state index in [0.717, 1.165) is 11.8 Å². The third-order valence-corrected chi connectivity index (χ3v) is 2.06. The molecule has 0 aliphatic rings. The molecule has 0 radical (unpaired) electrons. The standard InChI is InChI=1S/C12H10F2N2/c13-8-5-9(14)7-12(6-8)16-11-3-1-10(15)2-4-11/h1-7,16H,15H2. The molecule has 0 aliphatic heterocycles. The lowest BCUT2D eigenvalue weighted by molar-refractivity contribution is 0.584. The van der Waals surface area contributed by atoms with Crippen LogP contribution in [0.15, 0.2) is 42.5 Å². The summed E-state index contributed by atoms with van der Waals surface area (Å²) in [7, 11) is 0. The van der Waals surface area contributed by atoms with Gasteiger partial charge in [-0.25, -0.2) is 8.78 Å². The van der Waals surface area contributed by atoms with Crippen LogP contribution in [0, 0.1) is 11.6 Å². The first-order chi connectivity index (χ1) is 7.63. The Balaban J connectivity index is 2.23. The maximum absolute atomic E-state index is 12.9. The predicted molar refractivity (Wildman–Crippen MR) is 60.5 cm³/mol. The highest BCUT2D eigenvalue weighted by Crippen LogP contribution is 2.19. The second kappa shape index (κ2) is 4.18. The maximum Gasteiger partial charge on any atom is 0.128 e. The van der Waals surface area contributed by atoms with Gasteiger partial charge in [-0.1, -0.05) is 0 Å². The Hall–Kier alpha value is -2.10. The smallest absolute Gasteiger partial charge is 0.128 e. The summed E-state index contributed by atoms with van der Waals surface area (Å²) in [5.74, 6) is -1.23. The lowest BCUT2D eigenvalue weighted by Gasteiger charge is -2.06. The third kappa shape index (κ3) is 2.48. The van der Waals surface area contributed by atoms with Gasteiger partial charge in [-0.2, -0.15) is 0 Å². The van der Waals surface area contributed by atoms with Crippen molar-refractivity contribution in [3.8, 4) is 0 Å². The average molecular weight is 220 g/mol. The van der Waals surface area contributed by atoms with Gasteiger partial charge in [0.15, 0.2) is 0 Å². The summed E-state index contributed by atoms with van der Waals surface area (Å²) < 4.78 is 25.8. The molecule has 3 N–H and O–H groups in total. The molecule has 0 bridgehead atoms. The zero-order valence-electron chi connectivity index (χ0n) is 8.37. The molecule has 0 saturated carbocycles. The first-order valence-electron chi connectivity index (χ1n) is 4.72. The maximum atomic E-state index is 12.9. The van der Waals surface area contributed by atoms with Crippen molar-refractivity contribution >= 4 is 17.1 Å². The molecule has 2 aromatic carbocycles. The van der Waals surface area contributed by atoms with Crippen LogP contribution < -0.4 is 11.1 Å². The SMILES string of the molecule is Nc1ccc(Nc2cc(F)cc(F)c2)cc1. The van der Waals surface area contributed by atoms with Gasteiger partial charge in [-0.15, -0.1) is 0 Å². The number of nitrogens with one attached hydrogen (secondary N) is 1. The first-order valence-corrected chi connectivity index (χ1v) is 4.72. The number of nitrogen functional groups attached to an aromatic ring is 1. The van der Waals surface area contributed by atoms with E-state index in [1.165, 1.54) is 12.1 Å². The van der Waals surface area contributed by atoms with E-state index in [1.54, 1.807) is 24.3 Å². The van der Waals surface area contributed by atoms with E-state index in [4.69, 9.17) is 5.73 Å². The van der Waals surface area contributed by atoms with Gasteiger partial charge < -0.3 is 11.1 Å². The van der Waals surface area contributed by atoms with E-state index < -0.39 is 11.6 Å². The number of hydrogen-bond donors (Lipinski definition) is 2. The molecule has 0 spiro atoms. The largest absolute Gasteiger partial charge is 0.399 e. The zero-order valence-corrected chi connectivity index (χ0v) is 8.37. The number of hydrogen-bond acceptors (Lipinski definition) is 2. The third-order valence-electron chi connectivity index (χ3n) is 2.06. The highest BCUT2D eigenvalue weighted by atomic mass is 19.1. The molecule has 2 aromatic rings. The Morgan fingerprint density at radius 2 is 1.38 bits per heavy atom. The summed E-state index contributed by atoms with van der Waals surface area (Å²) >= 11 is 0. The number of benzene rings is 2. The van der Waals surface area contributed by atoms with Crippen molar-refractivity contribution < 1.29 is 8.78 Å². The van der Waals surface area contributed by atoms with Crippen molar-refractivity contribution in [3.63, 3.8) is 0 Å². The lowest BCUT2D eigenvalue weighted by Crippen LogP contribution is -1.93. The quantitative estimate of drug-likeness (QED) is 0.762. The van der Waals surface area contributed by atoms with Crippen LogP contribution in [0.5, 0.6) is 0 Å². The normalized spacial score (nSPS) is 10.1. The number of nitrogens with two attached hydrogens (primary N) is 1. The minimum absolute atomic E-state index is 0.363. The minimum Gasteiger partial charge on any atom is -0.399 e. The highest BCUT2D eigenvalue weighted by Gasteiger charge is 2.00. The monoisotopic (exact) mass is 220 g/mol. The van der Waals surface area contributed by atoms with Crippen LogP contribution in [0.4, 0.5) is 25.8 Å². The van der Waals surface area contributed by atoms with Crippen molar-refractivity contribution in [2.24, 2.45) is 0 Å². The van der Waals surface area contributed by atoms with Crippen LogP contribution in [-0.4, -0.2) is 0 Å². The molecule has 0 fully saturated rings. The van der Waals surface area contributed by atoms with Gasteiger partial charge >= 0.3 is 0 Å². The predicted octanol–water partition coefficient (Wildman–Crippen LogP) is 3.29. The molecule has 4 heteroatoms. The Bertz CT molecular complexity index is 475. The summed E-state index contributed by atoms with van der Waals surface area (Å²) in [5.41, 5.74) is 7.24. The molecule has 2 nitrogen and oxygen atoms in total. The molecular weight excluding hydrogens is 210 g/mol. The van der Waals surface area contributed by atoms with Gasteiger partial charge in [0.2, 0.25) is 0 Å². The van der Waals surface area contributed by atoms with Gasteiger partial charge in [0.1, 0.15) is 11.6 Å². The van der Waals surface area contributed by atoms with E-state index in [1.807, 2.05) is 0 Å². The molecular formula is C12H10F2N2. The van der Waals surface area contributed by atoms with Crippen molar-refractivity contribution in [2.75, 3.05) is 11.1 Å². The second-order valence-electron chi connectivity index (χ2n) is 3.41. The zero-order chi connectivity index (χ0) is 11.5. The van der Waals surface area contributed by atoms with Crippen molar-refractivity contribution in [2.45, 2.75) is 0 Å². The number of rotatable bonds is 2. The Labute approximate surface area is 91.7 Å². The summed E-state index contributed by atoms with van der Waals surface area (Å²) in [5, 5.41) is 2.88. The summed E-state index contributed by atoms with van der Waals surface area (Å²) in [6.07, 6.45) is 0. The van der Waals surface area contributed by atoms with E-state index in [2.05, 4.69) is 5.32 Å². The van der Waals surface area contributed by atoms with Gasteiger partial charge in [0.25, 0.3) is 0 Å². The van der Waals surface area contributed by atoms with Gasteiger partial charge in [0.05, 0.1) is 0 Å². The Kier molecular flexibility index (Phi) is 2.72. The van der Waals surface area contributed by atoms with Crippen LogP contribution in [0.25, 0.3) is 0 Å². The molecule has 0 atom stereocenters. The number of halogens is 2.